The zero-order valence-electron chi connectivity index (χ0n) is 6.90. The first-order valence-electron chi connectivity index (χ1n) is 3.58. The van der Waals surface area contributed by atoms with E-state index in [2.05, 4.69) is 10.9 Å². The van der Waals surface area contributed by atoms with Gasteiger partial charge in [0, 0.05) is 6.92 Å². The maximum Gasteiger partial charge on any atom is 0.235 e. The minimum absolute atomic E-state index is 0.00959. The summed E-state index contributed by atoms with van der Waals surface area (Å²) in [6.07, 6.45) is 0. The fraction of sp³-hybridized carbons (Fsp3) is 0.125. The van der Waals surface area contributed by atoms with Crippen LogP contribution < -0.4 is 10.9 Å². The van der Waals surface area contributed by atoms with Crippen LogP contribution in [0.1, 0.15) is 6.92 Å². The third kappa shape index (κ3) is 2.59. The summed E-state index contributed by atoms with van der Waals surface area (Å²) in [5, 5.41) is 0.00959. The van der Waals surface area contributed by atoms with Gasteiger partial charge in [-0.2, -0.15) is 0 Å². The Labute approximate surface area is 79.9 Å². The molecule has 0 saturated heterocycles. The van der Waals surface area contributed by atoms with Crippen molar-refractivity contribution >= 4 is 23.2 Å². The van der Waals surface area contributed by atoms with Crippen molar-refractivity contribution in [2.24, 2.45) is 0 Å². The number of benzene rings is 1. The predicted molar refractivity (Wildman–Crippen MR) is 48.8 cm³/mol. The van der Waals surface area contributed by atoms with Crippen molar-refractivity contribution in [3.63, 3.8) is 0 Å². The summed E-state index contributed by atoms with van der Waals surface area (Å²) in [5.74, 6) is -0.891. The van der Waals surface area contributed by atoms with E-state index in [-0.39, 0.29) is 16.6 Å². The first-order valence-corrected chi connectivity index (χ1v) is 3.95. The predicted octanol–water partition coefficient (Wildman–Crippen LogP) is 1.94. The minimum atomic E-state index is -0.585. The molecule has 0 bridgehead atoms. The van der Waals surface area contributed by atoms with Crippen molar-refractivity contribution in [3.05, 3.63) is 29.0 Å². The molecule has 0 aliphatic carbocycles. The second-order valence-electron chi connectivity index (χ2n) is 2.41. The minimum Gasteiger partial charge on any atom is -0.296 e. The van der Waals surface area contributed by atoms with E-state index in [1.165, 1.54) is 19.1 Å². The summed E-state index contributed by atoms with van der Waals surface area (Å²) in [4.78, 5) is 10.5. The van der Waals surface area contributed by atoms with Crippen molar-refractivity contribution in [2.45, 2.75) is 6.92 Å². The molecule has 0 aliphatic rings. The van der Waals surface area contributed by atoms with Crippen LogP contribution in [0.2, 0.25) is 5.02 Å². The van der Waals surface area contributed by atoms with Gasteiger partial charge >= 0.3 is 0 Å². The summed E-state index contributed by atoms with van der Waals surface area (Å²) >= 11 is 5.50. The number of nitrogens with one attached hydrogen (secondary N) is 2. The van der Waals surface area contributed by atoms with Crippen molar-refractivity contribution in [2.75, 3.05) is 5.43 Å². The lowest BCUT2D eigenvalue weighted by atomic mass is 10.3. The SMILES string of the molecule is CC(=O)NNc1cccc(Cl)c1F. The molecule has 0 saturated carbocycles. The molecule has 0 fully saturated rings. The number of hydrogen-bond acceptors (Lipinski definition) is 2. The zero-order valence-corrected chi connectivity index (χ0v) is 7.65. The fourth-order valence-corrected chi connectivity index (χ4v) is 0.930. The molecule has 0 heterocycles. The molecule has 1 aromatic rings. The molecule has 0 atom stereocenters. The van der Waals surface area contributed by atoms with Gasteiger partial charge in [-0.3, -0.25) is 15.6 Å². The van der Waals surface area contributed by atoms with E-state index in [1.807, 2.05) is 0 Å². The van der Waals surface area contributed by atoms with Crippen molar-refractivity contribution in [1.29, 1.82) is 0 Å². The lowest BCUT2D eigenvalue weighted by Gasteiger charge is -2.07. The molecular weight excluding hydrogens is 195 g/mol. The van der Waals surface area contributed by atoms with E-state index in [0.29, 0.717) is 0 Å². The van der Waals surface area contributed by atoms with Gasteiger partial charge < -0.3 is 0 Å². The summed E-state index contributed by atoms with van der Waals surface area (Å²) in [6.45, 7) is 1.31. The molecule has 0 spiro atoms. The van der Waals surface area contributed by atoms with Gasteiger partial charge in [-0.05, 0) is 12.1 Å². The van der Waals surface area contributed by atoms with E-state index in [1.54, 1.807) is 6.07 Å². The van der Waals surface area contributed by atoms with Crippen molar-refractivity contribution < 1.29 is 9.18 Å². The number of amides is 1. The number of rotatable bonds is 2. The summed E-state index contributed by atoms with van der Waals surface area (Å²) in [6, 6.07) is 4.47. The number of hydrazine groups is 1. The van der Waals surface area contributed by atoms with Gasteiger partial charge in [-0.1, -0.05) is 17.7 Å². The molecule has 1 aromatic carbocycles. The maximum absolute atomic E-state index is 13.1. The Kier molecular flexibility index (Phi) is 3.08. The summed E-state index contributed by atoms with van der Waals surface area (Å²) in [7, 11) is 0. The lowest BCUT2D eigenvalue weighted by Crippen LogP contribution is -2.27. The van der Waals surface area contributed by atoms with E-state index in [4.69, 9.17) is 11.6 Å². The third-order valence-corrected chi connectivity index (χ3v) is 1.62. The number of carbonyl (C=O) groups is 1. The highest BCUT2D eigenvalue weighted by Gasteiger charge is 2.04. The summed E-state index contributed by atoms with van der Waals surface area (Å²) in [5.41, 5.74) is 4.78. The molecule has 5 heteroatoms. The van der Waals surface area contributed by atoms with Gasteiger partial charge in [-0.25, -0.2) is 4.39 Å². The molecule has 13 heavy (non-hydrogen) atoms. The molecule has 70 valence electrons. The van der Waals surface area contributed by atoms with Gasteiger partial charge in [0.1, 0.15) is 0 Å². The van der Waals surface area contributed by atoms with Crippen LogP contribution in [0, 0.1) is 5.82 Å². The van der Waals surface area contributed by atoms with Crippen molar-refractivity contribution in [1.82, 2.24) is 5.43 Å². The van der Waals surface area contributed by atoms with E-state index < -0.39 is 5.82 Å². The molecule has 0 unspecified atom stereocenters. The van der Waals surface area contributed by atoms with E-state index in [9.17, 15) is 9.18 Å². The highest BCUT2D eigenvalue weighted by Crippen LogP contribution is 2.20. The Morgan fingerprint density at radius 2 is 2.23 bits per heavy atom. The van der Waals surface area contributed by atoms with Gasteiger partial charge in [0.15, 0.2) is 5.82 Å². The van der Waals surface area contributed by atoms with Gasteiger partial charge in [0.2, 0.25) is 5.91 Å². The third-order valence-electron chi connectivity index (χ3n) is 1.32. The average molecular weight is 203 g/mol. The quantitative estimate of drug-likeness (QED) is 0.720. The first-order chi connectivity index (χ1) is 6.11. The van der Waals surface area contributed by atoms with Crippen LogP contribution in [0.4, 0.5) is 10.1 Å². The smallest absolute Gasteiger partial charge is 0.235 e. The largest absolute Gasteiger partial charge is 0.296 e. The second kappa shape index (κ2) is 4.09. The fourth-order valence-electron chi connectivity index (χ4n) is 0.756. The number of hydrogen-bond donors (Lipinski definition) is 2. The Morgan fingerprint density at radius 1 is 1.54 bits per heavy atom. The number of carbonyl (C=O) groups excluding carboxylic acids is 1. The van der Waals surface area contributed by atoms with Gasteiger partial charge in [-0.15, -0.1) is 0 Å². The molecule has 1 rings (SSSR count). The van der Waals surface area contributed by atoms with Crippen LogP contribution in [0.15, 0.2) is 18.2 Å². The number of halogens is 2. The lowest BCUT2D eigenvalue weighted by molar-refractivity contribution is -0.118. The molecular formula is C8H8ClFN2O. The molecule has 0 aromatic heterocycles. The second-order valence-corrected chi connectivity index (χ2v) is 2.81. The molecule has 2 N–H and O–H groups in total. The highest BCUT2D eigenvalue weighted by molar-refractivity contribution is 6.31. The van der Waals surface area contributed by atoms with Gasteiger partial charge in [0.05, 0.1) is 10.7 Å². The van der Waals surface area contributed by atoms with Crippen LogP contribution in [0.3, 0.4) is 0 Å². The van der Waals surface area contributed by atoms with E-state index in [0.717, 1.165) is 0 Å². The van der Waals surface area contributed by atoms with Crippen LogP contribution >= 0.6 is 11.6 Å². The topological polar surface area (TPSA) is 41.1 Å². The Balaban J connectivity index is 2.77. The first kappa shape index (κ1) is 9.80. The van der Waals surface area contributed by atoms with Crippen LogP contribution in [-0.2, 0) is 4.79 Å². The Morgan fingerprint density at radius 3 is 2.85 bits per heavy atom. The van der Waals surface area contributed by atoms with E-state index >= 15 is 0 Å². The molecule has 3 nitrogen and oxygen atoms in total. The Hall–Kier alpha value is -1.29. The van der Waals surface area contributed by atoms with Crippen LogP contribution in [0.5, 0.6) is 0 Å². The monoisotopic (exact) mass is 202 g/mol. The molecule has 0 aliphatic heterocycles. The Bertz CT molecular complexity index is 330. The molecule has 0 radical (unpaired) electrons. The highest BCUT2D eigenvalue weighted by atomic mass is 35.5. The summed E-state index contributed by atoms with van der Waals surface area (Å²) < 4.78 is 13.1. The number of anilines is 1. The zero-order chi connectivity index (χ0) is 9.84. The van der Waals surface area contributed by atoms with Crippen LogP contribution in [0.25, 0.3) is 0 Å². The average Bonchev–Trinajstić information content (AvgIpc) is 2.07. The normalized spacial score (nSPS) is 9.46. The van der Waals surface area contributed by atoms with Crippen molar-refractivity contribution in [3.8, 4) is 0 Å². The standard InChI is InChI=1S/C8H8ClFN2O/c1-5(13)11-12-7-4-2-3-6(9)8(7)10/h2-4,12H,1H3,(H,11,13). The van der Waals surface area contributed by atoms with Gasteiger partial charge in [0.25, 0.3) is 0 Å². The maximum atomic E-state index is 13.1. The molecule has 1 amide bonds. The van der Waals surface area contributed by atoms with Crippen LogP contribution in [-0.4, -0.2) is 5.91 Å².